The number of fused-ring (bicyclic) bond motifs is 1. The summed E-state index contributed by atoms with van der Waals surface area (Å²) >= 11 is 0. The van der Waals surface area contributed by atoms with E-state index in [2.05, 4.69) is 20.6 Å². The van der Waals surface area contributed by atoms with Crippen molar-refractivity contribution in [1.82, 2.24) is 25.3 Å². The second-order valence-electron chi connectivity index (χ2n) is 4.06. The van der Waals surface area contributed by atoms with Gasteiger partial charge in [0.1, 0.15) is 11.3 Å². The summed E-state index contributed by atoms with van der Waals surface area (Å²) in [5.74, 6) is -0.603. The number of hydrogen-bond donors (Lipinski definition) is 1. The molecule has 0 saturated carbocycles. The zero-order valence-corrected chi connectivity index (χ0v) is 10.4. The van der Waals surface area contributed by atoms with Crippen molar-refractivity contribution in [2.75, 3.05) is 0 Å². The van der Waals surface area contributed by atoms with Crippen molar-refractivity contribution in [1.29, 1.82) is 0 Å². The average Bonchev–Trinajstić information content (AvgIpc) is 2.88. The minimum Gasteiger partial charge on any atom is -0.478 e. The Balaban J connectivity index is 2.04. The van der Waals surface area contributed by atoms with Crippen molar-refractivity contribution in [2.24, 2.45) is 0 Å². The highest BCUT2D eigenvalue weighted by Gasteiger charge is 2.15. The number of carbonyl (C=O) groups is 1. The van der Waals surface area contributed by atoms with E-state index in [-0.39, 0.29) is 17.2 Å². The highest BCUT2D eigenvalue weighted by molar-refractivity contribution is 5.91. The third-order valence-corrected chi connectivity index (χ3v) is 2.69. The number of rotatable bonds is 3. The van der Waals surface area contributed by atoms with E-state index in [1.54, 1.807) is 31.2 Å². The average molecular weight is 271 g/mol. The van der Waals surface area contributed by atoms with Crippen LogP contribution in [0, 0.1) is 6.92 Å². The van der Waals surface area contributed by atoms with Crippen molar-refractivity contribution < 1.29 is 14.6 Å². The highest BCUT2D eigenvalue weighted by Crippen LogP contribution is 2.27. The third-order valence-electron chi connectivity index (χ3n) is 2.69. The number of hydrogen-bond acceptors (Lipinski definition) is 6. The van der Waals surface area contributed by atoms with Gasteiger partial charge in [0.25, 0.3) is 0 Å². The summed E-state index contributed by atoms with van der Waals surface area (Å²) in [6.07, 6.45) is 0. The molecule has 0 saturated heterocycles. The number of nitrogens with zero attached hydrogens (tertiary/aromatic N) is 5. The predicted molar refractivity (Wildman–Crippen MR) is 66.8 cm³/mol. The molecule has 0 spiro atoms. The fraction of sp³-hybridized carbons (Fsp3) is 0.0833. The van der Waals surface area contributed by atoms with Crippen molar-refractivity contribution in [3.05, 3.63) is 41.5 Å². The van der Waals surface area contributed by atoms with Crippen LogP contribution >= 0.6 is 0 Å². The van der Waals surface area contributed by atoms with Crippen LogP contribution in [0.3, 0.4) is 0 Å². The molecule has 3 aromatic rings. The lowest BCUT2D eigenvalue weighted by atomic mass is 10.1. The molecule has 0 atom stereocenters. The van der Waals surface area contributed by atoms with Crippen LogP contribution in [0.15, 0.2) is 30.3 Å². The van der Waals surface area contributed by atoms with Crippen LogP contribution in [0.25, 0.3) is 5.65 Å². The second kappa shape index (κ2) is 4.57. The number of ether oxygens (including phenoxy) is 1. The molecule has 0 amide bonds. The minimum atomic E-state index is -1.06. The second-order valence-corrected chi connectivity index (χ2v) is 4.06. The van der Waals surface area contributed by atoms with Gasteiger partial charge in [-0.25, -0.2) is 4.79 Å². The maximum atomic E-state index is 11.2. The van der Waals surface area contributed by atoms with Gasteiger partial charge in [0, 0.05) is 6.07 Å². The fourth-order valence-corrected chi connectivity index (χ4v) is 1.75. The number of aromatic nitrogens is 5. The summed E-state index contributed by atoms with van der Waals surface area (Å²) in [5.41, 5.74) is 1.24. The summed E-state index contributed by atoms with van der Waals surface area (Å²) in [4.78, 5) is 11.2. The number of para-hydroxylation sites is 1. The Morgan fingerprint density at radius 1 is 1.30 bits per heavy atom. The van der Waals surface area contributed by atoms with E-state index < -0.39 is 5.97 Å². The van der Waals surface area contributed by atoms with Crippen LogP contribution in [0.2, 0.25) is 0 Å². The van der Waals surface area contributed by atoms with Gasteiger partial charge in [-0.1, -0.05) is 12.1 Å². The van der Waals surface area contributed by atoms with E-state index >= 15 is 0 Å². The van der Waals surface area contributed by atoms with E-state index in [0.717, 1.165) is 0 Å². The summed E-state index contributed by atoms with van der Waals surface area (Å²) in [7, 11) is 0. The molecule has 0 unspecified atom stereocenters. The molecule has 8 heteroatoms. The Morgan fingerprint density at radius 2 is 2.15 bits per heavy atom. The van der Waals surface area contributed by atoms with E-state index in [0.29, 0.717) is 11.2 Å². The third kappa shape index (κ3) is 2.03. The first-order chi connectivity index (χ1) is 9.65. The molecule has 1 N–H and O–H groups in total. The SMILES string of the molecule is Cc1cccc(C(=O)O)c1Oc1ccc2nnnn2n1. The molecule has 100 valence electrons. The summed E-state index contributed by atoms with van der Waals surface area (Å²) < 4.78 is 6.77. The molecule has 0 aliphatic rings. The van der Waals surface area contributed by atoms with Gasteiger partial charge in [0.2, 0.25) is 5.88 Å². The molecule has 2 aromatic heterocycles. The lowest BCUT2D eigenvalue weighted by Crippen LogP contribution is -2.03. The number of benzene rings is 1. The standard InChI is InChI=1S/C12H9N5O3/c1-7-3-2-4-8(12(18)19)11(7)20-10-6-5-9-13-15-16-17(9)14-10/h2-6H,1H3,(H,18,19). The van der Waals surface area contributed by atoms with Crippen molar-refractivity contribution in [2.45, 2.75) is 6.92 Å². The topological polar surface area (TPSA) is 102 Å². The highest BCUT2D eigenvalue weighted by atomic mass is 16.5. The Bertz CT molecular complexity index is 799. The molecule has 0 aliphatic carbocycles. The molecule has 3 rings (SSSR count). The van der Waals surface area contributed by atoms with Crippen LogP contribution in [0.5, 0.6) is 11.6 Å². The maximum Gasteiger partial charge on any atom is 0.339 e. The van der Waals surface area contributed by atoms with Gasteiger partial charge in [-0.2, -0.15) is 0 Å². The first-order valence-corrected chi connectivity index (χ1v) is 5.71. The Kier molecular flexibility index (Phi) is 2.75. The van der Waals surface area contributed by atoms with Gasteiger partial charge in [-0.05, 0) is 35.0 Å². The van der Waals surface area contributed by atoms with Gasteiger partial charge in [0.15, 0.2) is 5.65 Å². The Labute approximate surface area is 112 Å². The van der Waals surface area contributed by atoms with E-state index in [1.165, 1.54) is 10.7 Å². The molecule has 0 fully saturated rings. The van der Waals surface area contributed by atoms with Crippen LogP contribution in [0.4, 0.5) is 0 Å². The van der Waals surface area contributed by atoms with Crippen molar-refractivity contribution in [3.63, 3.8) is 0 Å². The lowest BCUT2D eigenvalue weighted by molar-refractivity contribution is 0.0694. The van der Waals surface area contributed by atoms with E-state index in [1.807, 2.05) is 0 Å². The van der Waals surface area contributed by atoms with Crippen LogP contribution in [-0.4, -0.2) is 36.3 Å². The van der Waals surface area contributed by atoms with E-state index in [4.69, 9.17) is 9.84 Å². The predicted octanol–water partition coefficient (Wildman–Crippen LogP) is 1.32. The van der Waals surface area contributed by atoms with Crippen molar-refractivity contribution >= 4 is 11.6 Å². The first kappa shape index (κ1) is 12.0. The van der Waals surface area contributed by atoms with Gasteiger partial charge in [-0.15, -0.1) is 14.8 Å². The number of aromatic carboxylic acids is 1. The summed E-state index contributed by atoms with van der Waals surface area (Å²) in [6, 6.07) is 8.09. The molecule has 20 heavy (non-hydrogen) atoms. The Morgan fingerprint density at radius 3 is 2.95 bits per heavy atom. The van der Waals surface area contributed by atoms with Crippen LogP contribution in [0.1, 0.15) is 15.9 Å². The smallest absolute Gasteiger partial charge is 0.339 e. The molecule has 8 nitrogen and oxygen atoms in total. The molecule has 0 aliphatic heterocycles. The normalized spacial score (nSPS) is 10.7. The first-order valence-electron chi connectivity index (χ1n) is 5.71. The largest absolute Gasteiger partial charge is 0.478 e. The molecular formula is C12H9N5O3. The number of carboxylic acids is 1. The quantitative estimate of drug-likeness (QED) is 0.766. The van der Waals surface area contributed by atoms with Crippen LogP contribution in [-0.2, 0) is 0 Å². The van der Waals surface area contributed by atoms with E-state index in [9.17, 15) is 4.79 Å². The zero-order chi connectivity index (χ0) is 14.1. The minimum absolute atomic E-state index is 0.0728. The summed E-state index contributed by atoms with van der Waals surface area (Å²) in [5, 5.41) is 24.0. The monoisotopic (exact) mass is 271 g/mol. The van der Waals surface area contributed by atoms with Gasteiger partial charge in [0.05, 0.1) is 0 Å². The van der Waals surface area contributed by atoms with Gasteiger partial charge in [-0.3, -0.25) is 0 Å². The fourth-order valence-electron chi connectivity index (χ4n) is 1.75. The molecule has 0 bridgehead atoms. The molecule has 1 aromatic carbocycles. The molecule has 0 radical (unpaired) electrons. The molecule has 2 heterocycles. The van der Waals surface area contributed by atoms with Crippen molar-refractivity contribution in [3.8, 4) is 11.6 Å². The Hall–Kier alpha value is -3.03. The lowest BCUT2D eigenvalue weighted by Gasteiger charge is -2.10. The number of aryl methyl sites for hydroxylation is 1. The number of tetrazole rings is 1. The van der Waals surface area contributed by atoms with Gasteiger partial charge < -0.3 is 9.84 Å². The number of carboxylic acid groups (broad SMARTS) is 1. The maximum absolute atomic E-state index is 11.2. The molecular weight excluding hydrogens is 262 g/mol. The van der Waals surface area contributed by atoms with Gasteiger partial charge >= 0.3 is 5.97 Å². The summed E-state index contributed by atoms with van der Waals surface area (Å²) in [6.45, 7) is 1.76. The van der Waals surface area contributed by atoms with Crippen LogP contribution < -0.4 is 4.74 Å². The zero-order valence-electron chi connectivity index (χ0n) is 10.4.